The van der Waals surface area contributed by atoms with Crippen LogP contribution in [0.5, 0.6) is 0 Å². The molecule has 32 heavy (non-hydrogen) atoms. The molecule has 0 fully saturated rings. The van der Waals surface area contributed by atoms with Crippen molar-refractivity contribution in [3.05, 3.63) is 81.9 Å². The van der Waals surface area contributed by atoms with E-state index in [1.165, 1.54) is 41.2 Å². The highest BCUT2D eigenvalue weighted by molar-refractivity contribution is 5.89. The predicted octanol–water partition coefficient (Wildman–Crippen LogP) is 7.79. The molecule has 0 bridgehead atoms. The quantitative estimate of drug-likeness (QED) is 0.505. The van der Waals surface area contributed by atoms with Crippen molar-refractivity contribution in [3.63, 3.8) is 0 Å². The van der Waals surface area contributed by atoms with Gasteiger partial charge in [0.15, 0.2) is 0 Å². The molecule has 0 saturated carbocycles. The molecule has 0 spiro atoms. The fraction of sp³-hybridized carbons (Fsp3) is 0.433. The number of carboxylic acids is 1. The maximum atomic E-state index is 10.9. The zero-order chi connectivity index (χ0) is 23.3. The third-order valence-electron chi connectivity index (χ3n) is 7.85. The first-order chi connectivity index (χ1) is 15.0. The molecule has 0 saturated heterocycles. The number of hydrogen-bond donors (Lipinski definition) is 1. The van der Waals surface area contributed by atoms with Crippen molar-refractivity contribution >= 4 is 17.1 Å². The second-order valence-electron chi connectivity index (χ2n) is 11.1. The highest BCUT2D eigenvalue weighted by Gasteiger charge is 2.38. The molecule has 0 radical (unpaired) electrons. The van der Waals surface area contributed by atoms with Gasteiger partial charge in [0.25, 0.3) is 0 Å². The van der Waals surface area contributed by atoms with Crippen LogP contribution < -0.4 is 0 Å². The van der Waals surface area contributed by atoms with Gasteiger partial charge in [-0.25, -0.2) is 4.79 Å². The van der Waals surface area contributed by atoms with Crippen LogP contribution in [0.3, 0.4) is 0 Å². The van der Waals surface area contributed by atoms with Crippen molar-refractivity contribution in [1.82, 2.24) is 0 Å². The minimum Gasteiger partial charge on any atom is -0.478 e. The standard InChI is InChI=1S/C30H36O2/c1-19(16-28(31)32)21-7-9-22(10-8-21)23-11-12-24(17-23)25-18-27-26(15-20(25)2)29(3,4)13-14-30(27,5)6/h7-11,15-16,18,24H,12-14,17H2,1-6H3,(H,31,32)/b19-16-. The Morgan fingerprint density at radius 3 is 2.19 bits per heavy atom. The lowest BCUT2D eigenvalue weighted by Gasteiger charge is -2.42. The predicted molar refractivity (Wildman–Crippen MR) is 134 cm³/mol. The van der Waals surface area contributed by atoms with Crippen molar-refractivity contribution in [2.75, 3.05) is 0 Å². The summed E-state index contributed by atoms with van der Waals surface area (Å²) in [6, 6.07) is 13.4. The normalized spacial score (nSPS) is 21.8. The molecule has 2 heteroatoms. The molecule has 1 atom stereocenters. The average molecular weight is 429 g/mol. The number of rotatable bonds is 4. The number of carboxylic acid groups (broad SMARTS) is 1. The molecule has 2 aromatic rings. The minimum atomic E-state index is -0.903. The van der Waals surface area contributed by atoms with E-state index in [2.05, 4.69) is 65.0 Å². The van der Waals surface area contributed by atoms with Gasteiger partial charge in [-0.3, -0.25) is 0 Å². The minimum absolute atomic E-state index is 0.235. The van der Waals surface area contributed by atoms with Gasteiger partial charge in [-0.2, -0.15) is 0 Å². The highest BCUT2D eigenvalue weighted by atomic mass is 16.4. The smallest absolute Gasteiger partial charge is 0.328 e. The van der Waals surface area contributed by atoms with E-state index in [-0.39, 0.29) is 10.8 Å². The number of aryl methyl sites for hydroxylation is 1. The maximum absolute atomic E-state index is 10.9. The van der Waals surface area contributed by atoms with Crippen LogP contribution in [0.25, 0.3) is 11.1 Å². The first kappa shape index (κ1) is 22.6. The first-order valence-electron chi connectivity index (χ1n) is 11.8. The van der Waals surface area contributed by atoms with E-state index < -0.39 is 5.97 Å². The second kappa shape index (κ2) is 8.06. The molecule has 1 N–H and O–H groups in total. The largest absolute Gasteiger partial charge is 0.478 e. The van der Waals surface area contributed by atoms with E-state index >= 15 is 0 Å². The molecule has 0 heterocycles. The molecule has 4 rings (SSSR count). The van der Waals surface area contributed by atoms with Gasteiger partial charge in [-0.15, -0.1) is 0 Å². The molecule has 2 aliphatic carbocycles. The van der Waals surface area contributed by atoms with E-state index in [1.807, 2.05) is 19.1 Å². The molecule has 168 valence electrons. The summed E-state index contributed by atoms with van der Waals surface area (Å²) in [5, 5.41) is 8.98. The van der Waals surface area contributed by atoms with Gasteiger partial charge in [0.2, 0.25) is 0 Å². The van der Waals surface area contributed by atoms with Crippen LogP contribution >= 0.6 is 0 Å². The lowest BCUT2D eigenvalue weighted by atomic mass is 9.62. The number of carbonyl (C=O) groups is 1. The zero-order valence-electron chi connectivity index (χ0n) is 20.4. The Balaban J connectivity index is 1.58. The number of benzene rings is 2. The number of hydrogen-bond acceptors (Lipinski definition) is 1. The van der Waals surface area contributed by atoms with E-state index in [1.54, 1.807) is 11.1 Å². The van der Waals surface area contributed by atoms with Crippen LogP contribution in [0.4, 0.5) is 0 Å². The molecule has 2 nitrogen and oxygen atoms in total. The van der Waals surface area contributed by atoms with Gasteiger partial charge in [-0.05, 0) is 101 Å². The van der Waals surface area contributed by atoms with Gasteiger partial charge >= 0.3 is 5.97 Å². The van der Waals surface area contributed by atoms with Gasteiger partial charge < -0.3 is 5.11 Å². The molecule has 2 aromatic carbocycles. The van der Waals surface area contributed by atoms with E-state index in [9.17, 15) is 4.79 Å². The molecule has 0 amide bonds. The fourth-order valence-corrected chi connectivity index (χ4v) is 5.58. The summed E-state index contributed by atoms with van der Waals surface area (Å²) < 4.78 is 0. The summed E-state index contributed by atoms with van der Waals surface area (Å²) in [6.45, 7) is 13.7. The summed E-state index contributed by atoms with van der Waals surface area (Å²) in [7, 11) is 0. The van der Waals surface area contributed by atoms with Crippen molar-refractivity contribution in [2.45, 2.75) is 84.0 Å². The molecule has 0 aliphatic heterocycles. The average Bonchev–Trinajstić information content (AvgIpc) is 3.21. The molecule has 0 aromatic heterocycles. The summed E-state index contributed by atoms with van der Waals surface area (Å²) in [5.41, 5.74) is 10.9. The van der Waals surface area contributed by atoms with Crippen LogP contribution in [0.2, 0.25) is 0 Å². The van der Waals surface area contributed by atoms with E-state index in [0.29, 0.717) is 5.92 Å². The Hall–Kier alpha value is -2.61. The SMILES string of the molecule is C/C(=C/C(=O)O)c1ccc(C2=CCC(c3cc4c(cc3C)C(C)(C)CCC4(C)C)C2)cc1. The zero-order valence-corrected chi connectivity index (χ0v) is 20.4. The van der Waals surface area contributed by atoms with Crippen LogP contribution in [-0.4, -0.2) is 11.1 Å². The second-order valence-corrected chi connectivity index (χ2v) is 11.1. The van der Waals surface area contributed by atoms with Crippen molar-refractivity contribution in [3.8, 4) is 0 Å². The lowest BCUT2D eigenvalue weighted by molar-refractivity contribution is -0.131. The Bertz CT molecular complexity index is 1110. The van der Waals surface area contributed by atoms with Crippen LogP contribution in [0.1, 0.15) is 99.6 Å². The molecular weight excluding hydrogens is 392 g/mol. The topological polar surface area (TPSA) is 37.3 Å². The van der Waals surface area contributed by atoms with Crippen molar-refractivity contribution in [2.24, 2.45) is 0 Å². The van der Waals surface area contributed by atoms with Gasteiger partial charge in [-0.1, -0.05) is 70.2 Å². The first-order valence-corrected chi connectivity index (χ1v) is 11.8. The summed E-state index contributed by atoms with van der Waals surface area (Å²) >= 11 is 0. The van der Waals surface area contributed by atoms with Crippen LogP contribution in [0, 0.1) is 6.92 Å². The van der Waals surface area contributed by atoms with Gasteiger partial charge in [0.05, 0.1) is 0 Å². The number of allylic oxidation sites excluding steroid dienone is 3. The summed E-state index contributed by atoms with van der Waals surface area (Å²) in [6.07, 6.45) is 8.30. The maximum Gasteiger partial charge on any atom is 0.328 e. The molecular formula is C30H36O2. The highest BCUT2D eigenvalue weighted by Crippen LogP contribution is 2.49. The third-order valence-corrected chi connectivity index (χ3v) is 7.85. The molecule has 2 aliphatic rings. The third kappa shape index (κ3) is 4.20. The Morgan fingerprint density at radius 2 is 1.59 bits per heavy atom. The van der Waals surface area contributed by atoms with Crippen molar-refractivity contribution in [1.29, 1.82) is 0 Å². The Kier molecular flexibility index (Phi) is 5.69. The van der Waals surface area contributed by atoms with Crippen LogP contribution in [-0.2, 0) is 15.6 Å². The van der Waals surface area contributed by atoms with Gasteiger partial charge in [0.1, 0.15) is 0 Å². The fourth-order valence-electron chi connectivity index (χ4n) is 5.58. The number of aliphatic carboxylic acids is 1. The summed E-state index contributed by atoms with van der Waals surface area (Å²) in [5.74, 6) is -0.371. The van der Waals surface area contributed by atoms with Crippen LogP contribution in [0.15, 0.2) is 48.6 Å². The monoisotopic (exact) mass is 428 g/mol. The lowest BCUT2D eigenvalue weighted by Crippen LogP contribution is -2.34. The summed E-state index contributed by atoms with van der Waals surface area (Å²) in [4.78, 5) is 10.9. The van der Waals surface area contributed by atoms with E-state index in [0.717, 1.165) is 24.0 Å². The van der Waals surface area contributed by atoms with Gasteiger partial charge in [0, 0.05) is 6.08 Å². The number of fused-ring (bicyclic) bond motifs is 1. The molecule has 1 unspecified atom stereocenters. The Morgan fingerprint density at radius 1 is 1.00 bits per heavy atom. The Labute approximate surface area is 193 Å². The van der Waals surface area contributed by atoms with E-state index in [4.69, 9.17) is 5.11 Å². The van der Waals surface area contributed by atoms with Crippen molar-refractivity contribution < 1.29 is 9.90 Å².